The molecule has 0 saturated carbocycles. The first-order valence-electron chi connectivity index (χ1n) is 5.35. The standard InChI is InChI=1S/C13H14O5/c1-7-5-8(14)11-9(15-2)6-10(16-3)12(17-4)13(11)18-7/h5-6H,1-4H3. The molecule has 0 aliphatic rings. The van der Waals surface area contributed by atoms with E-state index in [1.165, 1.54) is 27.4 Å². The Hall–Kier alpha value is -2.17. The average molecular weight is 250 g/mol. The topological polar surface area (TPSA) is 57.9 Å². The molecule has 0 atom stereocenters. The molecule has 2 rings (SSSR count). The quantitative estimate of drug-likeness (QED) is 0.835. The van der Waals surface area contributed by atoms with Crippen LogP contribution >= 0.6 is 0 Å². The van der Waals surface area contributed by atoms with Crippen molar-refractivity contribution in [2.24, 2.45) is 0 Å². The van der Waals surface area contributed by atoms with Gasteiger partial charge in [0.1, 0.15) is 16.9 Å². The van der Waals surface area contributed by atoms with Crippen molar-refractivity contribution in [3.8, 4) is 17.2 Å². The van der Waals surface area contributed by atoms with Crippen molar-refractivity contribution >= 4 is 11.0 Å². The van der Waals surface area contributed by atoms with E-state index in [-0.39, 0.29) is 5.43 Å². The SMILES string of the molecule is COc1cc(OC)c2c(=O)cc(C)oc2c1OC. The zero-order valence-corrected chi connectivity index (χ0v) is 10.7. The van der Waals surface area contributed by atoms with Gasteiger partial charge in [0.05, 0.1) is 21.3 Å². The fourth-order valence-corrected chi connectivity index (χ4v) is 1.88. The van der Waals surface area contributed by atoms with Crippen LogP contribution < -0.4 is 19.6 Å². The number of fused-ring (bicyclic) bond motifs is 1. The first-order chi connectivity index (χ1) is 8.62. The maximum Gasteiger partial charge on any atom is 0.205 e. The fraction of sp³-hybridized carbons (Fsp3) is 0.308. The van der Waals surface area contributed by atoms with Crippen molar-refractivity contribution in [2.45, 2.75) is 6.92 Å². The molecule has 1 aromatic carbocycles. The Morgan fingerprint density at radius 2 is 1.67 bits per heavy atom. The van der Waals surface area contributed by atoms with Crippen LogP contribution in [0.5, 0.6) is 17.2 Å². The van der Waals surface area contributed by atoms with E-state index in [1.807, 2.05) is 0 Å². The van der Waals surface area contributed by atoms with Gasteiger partial charge in [0, 0.05) is 12.1 Å². The molecule has 18 heavy (non-hydrogen) atoms. The largest absolute Gasteiger partial charge is 0.496 e. The van der Waals surface area contributed by atoms with E-state index in [0.29, 0.717) is 34.0 Å². The molecule has 0 aliphatic carbocycles. The van der Waals surface area contributed by atoms with Gasteiger partial charge in [-0.2, -0.15) is 0 Å². The summed E-state index contributed by atoms with van der Waals surface area (Å²) in [5, 5.41) is 0.348. The minimum atomic E-state index is -0.174. The maximum absolute atomic E-state index is 12.0. The molecule has 0 fully saturated rings. The fourth-order valence-electron chi connectivity index (χ4n) is 1.88. The van der Waals surface area contributed by atoms with Crippen LogP contribution in [-0.2, 0) is 0 Å². The van der Waals surface area contributed by atoms with Crippen LogP contribution in [0.2, 0.25) is 0 Å². The summed E-state index contributed by atoms with van der Waals surface area (Å²) in [6, 6.07) is 3.02. The summed E-state index contributed by atoms with van der Waals surface area (Å²) in [5.74, 6) is 1.74. The summed E-state index contributed by atoms with van der Waals surface area (Å²) in [6.07, 6.45) is 0. The highest BCUT2D eigenvalue weighted by Gasteiger charge is 2.19. The monoisotopic (exact) mass is 250 g/mol. The van der Waals surface area contributed by atoms with Crippen molar-refractivity contribution in [2.75, 3.05) is 21.3 Å². The van der Waals surface area contributed by atoms with E-state index >= 15 is 0 Å². The molecule has 0 saturated heterocycles. The summed E-state index contributed by atoms with van der Waals surface area (Å²) in [7, 11) is 4.49. The van der Waals surface area contributed by atoms with Crippen molar-refractivity contribution in [3.63, 3.8) is 0 Å². The molecule has 0 amide bonds. The van der Waals surface area contributed by atoms with Gasteiger partial charge < -0.3 is 18.6 Å². The van der Waals surface area contributed by atoms with E-state index in [9.17, 15) is 4.79 Å². The number of hydrogen-bond donors (Lipinski definition) is 0. The number of aryl methyl sites for hydroxylation is 1. The predicted octanol–water partition coefficient (Wildman–Crippen LogP) is 2.13. The Bertz CT molecular complexity index is 642. The molecule has 0 bridgehead atoms. The van der Waals surface area contributed by atoms with E-state index in [0.717, 1.165) is 0 Å². The number of rotatable bonds is 3. The molecule has 0 unspecified atom stereocenters. The Kier molecular flexibility index (Phi) is 3.14. The lowest BCUT2D eigenvalue weighted by Gasteiger charge is -2.12. The van der Waals surface area contributed by atoms with E-state index in [1.54, 1.807) is 13.0 Å². The van der Waals surface area contributed by atoms with Crippen LogP contribution in [-0.4, -0.2) is 21.3 Å². The van der Waals surface area contributed by atoms with E-state index in [2.05, 4.69) is 0 Å². The average Bonchev–Trinajstić information content (AvgIpc) is 2.36. The summed E-state index contributed by atoms with van der Waals surface area (Å²) in [5.41, 5.74) is 0.158. The summed E-state index contributed by atoms with van der Waals surface area (Å²) < 4.78 is 21.2. The van der Waals surface area contributed by atoms with Gasteiger partial charge >= 0.3 is 0 Å². The van der Waals surface area contributed by atoms with Gasteiger partial charge in [-0.15, -0.1) is 0 Å². The van der Waals surface area contributed by atoms with Gasteiger partial charge in [-0.25, -0.2) is 0 Å². The first kappa shape index (κ1) is 12.3. The minimum Gasteiger partial charge on any atom is -0.496 e. The Labute approximate surface area is 104 Å². The summed E-state index contributed by atoms with van der Waals surface area (Å²) in [4.78, 5) is 12.0. The van der Waals surface area contributed by atoms with Crippen LogP contribution in [0.3, 0.4) is 0 Å². The van der Waals surface area contributed by atoms with Crippen LogP contribution in [0.1, 0.15) is 5.76 Å². The van der Waals surface area contributed by atoms with E-state index < -0.39 is 0 Å². The summed E-state index contributed by atoms with van der Waals surface area (Å²) >= 11 is 0. The molecule has 0 aliphatic heterocycles. The van der Waals surface area contributed by atoms with Gasteiger partial charge in [0.15, 0.2) is 16.8 Å². The van der Waals surface area contributed by atoms with Crippen molar-refractivity contribution in [1.29, 1.82) is 0 Å². The molecule has 2 aromatic rings. The molecule has 0 N–H and O–H groups in total. The van der Waals surface area contributed by atoms with Gasteiger partial charge in [0.25, 0.3) is 0 Å². The Morgan fingerprint density at radius 1 is 1.00 bits per heavy atom. The first-order valence-corrected chi connectivity index (χ1v) is 5.35. The smallest absolute Gasteiger partial charge is 0.205 e. The zero-order chi connectivity index (χ0) is 13.3. The molecule has 0 radical (unpaired) electrons. The number of methoxy groups -OCH3 is 3. The molecule has 1 aromatic heterocycles. The summed E-state index contributed by atoms with van der Waals surface area (Å²) in [6.45, 7) is 1.70. The van der Waals surface area contributed by atoms with Gasteiger partial charge in [-0.3, -0.25) is 4.79 Å². The van der Waals surface area contributed by atoms with E-state index in [4.69, 9.17) is 18.6 Å². The molecule has 0 spiro atoms. The zero-order valence-electron chi connectivity index (χ0n) is 10.7. The molecule has 5 nitrogen and oxygen atoms in total. The molecule has 5 heteroatoms. The Balaban J connectivity index is 3.00. The second-order valence-electron chi connectivity index (χ2n) is 3.74. The third-order valence-corrected chi connectivity index (χ3v) is 2.65. The highest BCUT2D eigenvalue weighted by atomic mass is 16.5. The van der Waals surface area contributed by atoms with Crippen LogP contribution in [0.15, 0.2) is 21.3 Å². The van der Waals surface area contributed by atoms with Gasteiger partial charge in [-0.05, 0) is 6.92 Å². The number of benzene rings is 1. The van der Waals surface area contributed by atoms with Crippen LogP contribution in [0.4, 0.5) is 0 Å². The normalized spacial score (nSPS) is 10.4. The lowest BCUT2D eigenvalue weighted by atomic mass is 10.1. The highest BCUT2D eigenvalue weighted by Crippen LogP contribution is 2.40. The highest BCUT2D eigenvalue weighted by molar-refractivity contribution is 5.91. The van der Waals surface area contributed by atoms with Crippen LogP contribution in [0, 0.1) is 6.92 Å². The predicted molar refractivity (Wildman–Crippen MR) is 66.9 cm³/mol. The second kappa shape index (κ2) is 4.60. The molecule has 1 heterocycles. The maximum atomic E-state index is 12.0. The minimum absolute atomic E-state index is 0.174. The van der Waals surface area contributed by atoms with Crippen LogP contribution in [0.25, 0.3) is 11.0 Å². The number of ether oxygens (including phenoxy) is 3. The second-order valence-corrected chi connectivity index (χ2v) is 3.74. The van der Waals surface area contributed by atoms with Gasteiger partial charge in [-0.1, -0.05) is 0 Å². The van der Waals surface area contributed by atoms with Crippen molar-refractivity contribution < 1.29 is 18.6 Å². The van der Waals surface area contributed by atoms with Crippen molar-refractivity contribution in [1.82, 2.24) is 0 Å². The lowest BCUT2D eigenvalue weighted by Crippen LogP contribution is -2.05. The lowest BCUT2D eigenvalue weighted by molar-refractivity contribution is 0.347. The molecular formula is C13H14O5. The van der Waals surface area contributed by atoms with Crippen molar-refractivity contribution in [3.05, 3.63) is 28.1 Å². The Morgan fingerprint density at radius 3 is 2.22 bits per heavy atom. The van der Waals surface area contributed by atoms with Gasteiger partial charge in [0.2, 0.25) is 5.75 Å². The molecular weight excluding hydrogens is 236 g/mol. The number of hydrogen-bond acceptors (Lipinski definition) is 5. The third kappa shape index (κ3) is 1.77. The third-order valence-electron chi connectivity index (χ3n) is 2.65. The molecule has 96 valence electrons.